The molecule has 0 N–H and O–H groups in total. The van der Waals surface area contributed by atoms with E-state index in [0.717, 1.165) is 16.7 Å². The Balaban J connectivity index is 1.92. The maximum absolute atomic E-state index is 13.1. The van der Waals surface area contributed by atoms with Crippen molar-refractivity contribution in [2.75, 3.05) is 0 Å². The number of ether oxygens (including phenoxy) is 3. The first-order valence-corrected chi connectivity index (χ1v) is 12.6. The van der Waals surface area contributed by atoms with Crippen LogP contribution in [0.15, 0.2) is 91.0 Å². The molecule has 0 aromatic heterocycles. The second-order valence-electron chi connectivity index (χ2n) is 9.10. The zero-order valence-corrected chi connectivity index (χ0v) is 22.2. The van der Waals surface area contributed by atoms with Crippen molar-refractivity contribution < 1.29 is 28.6 Å². The third-order valence-corrected chi connectivity index (χ3v) is 6.10. The summed E-state index contributed by atoms with van der Waals surface area (Å²) >= 11 is 0. The number of rotatable bonds is 12. The molecular weight excluding hydrogens is 492 g/mol. The second kappa shape index (κ2) is 12.7. The van der Waals surface area contributed by atoms with E-state index >= 15 is 0 Å². The van der Waals surface area contributed by atoms with E-state index in [9.17, 15) is 14.4 Å². The van der Waals surface area contributed by atoms with Gasteiger partial charge in [0, 0.05) is 0 Å². The van der Waals surface area contributed by atoms with Crippen molar-refractivity contribution in [2.45, 2.75) is 40.6 Å². The lowest BCUT2D eigenvalue weighted by atomic mass is 9.94. The van der Waals surface area contributed by atoms with E-state index in [4.69, 9.17) is 14.2 Å². The highest BCUT2D eigenvalue weighted by Gasteiger charge is 2.33. The number of carbonyl (C=O) groups excluding carboxylic acids is 3. The van der Waals surface area contributed by atoms with Gasteiger partial charge in [-0.2, -0.15) is 0 Å². The molecule has 0 saturated carbocycles. The van der Waals surface area contributed by atoms with Gasteiger partial charge in [-0.1, -0.05) is 91.0 Å². The topological polar surface area (TPSA) is 78.9 Å². The van der Waals surface area contributed by atoms with Gasteiger partial charge < -0.3 is 14.2 Å². The fourth-order valence-electron chi connectivity index (χ4n) is 4.27. The van der Waals surface area contributed by atoms with Gasteiger partial charge in [0.05, 0.1) is 0 Å². The molecule has 0 aliphatic heterocycles. The Morgan fingerprint density at radius 1 is 0.436 bits per heavy atom. The average Bonchev–Trinajstić information content (AvgIpc) is 2.94. The lowest BCUT2D eigenvalue weighted by molar-refractivity contribution is 0.0994. The molecule has 4 aromatic rings. The van der Waals surface area contributed by atoms with Crippen molar-refractivity contribution >= 4 is 17.3 Å². The van der Waals surface area contributed by atoms with E-state index in [2.05, 4.69) is 0 Å². The van der Waals surface area contributed by atoms with Crippen LogP contribution >= 0.6 is 0 Å². The maximum atomic E-state index is 13.1. The highest BCUT2D eigenvalue weighted by atomic mass is 16.5. The van der Waals surface area contributed by atoms with Gasteiger partial charge in [-0.05, 0) is 37.5 Å². The van der Waals surface area contributed by atoms with Crippen molar-refractivity contribution in [2.24, 2.45) is 0 Å². The van der Waals surface area contributed by atoms with Crippen LogP contribution in [0.25, 0.3) is 0 Å². The Labute approximate surface area is 228 Å². The van der Waals surface area contributed by atoms with Crippen LogP contribution in [0.1, 0.15) is 68.5 Å². The van der Waals surface area contributed by atoms with E-state index in [1.807, 2.05) is 91.0 Å². The van der Waals surface area contributed by atoms with Crippen LogP contribution in [-0.2, 0) is 19.8 Å². The molecule has 0 aliphatic rings. The molecule has 0 spiro atoms. The fraction of sp³-hybridized carbons (Fsp3) is 0.182. The van der Waals surface area contributed by atoms with Crippen molar-refractivity contribution in [1.82, 2.24) is 0 Å². The number of hydrogen-bond donors (Lipinski definition) is 0. The minimum Gasteiger partial charge on any atom is -0.487 e. The Morgan fingerprint density at radius 3 is 0.872 bits per heavy atom. The number of hydrogen-bond acceptors (Lipinski definition) is 6. The van der Waals surface area contributed by atoms with Crippen LogP contribution in [0.3, 0.4) is 0 Å². The summed E-state index contributed by atoms with van der Waals surface area (Å²) in [7, 11) is 0. The first kappa shape index (κ1) is 27.3. The summed E-state index contributed by atoms with van der Waals surface area (Å²) in [5, 5.41) is 0. The van der Waals surface area contributed by atoms with Gasteiger partial charge in [-0.3, -0.25) is 14.4 Å². The summed E-state index contributed by atoms with van der Waals surface area (Å²) in [4.78, 5) is 39.4. The third kappa shape index (κ3) is 6.60. The normalized spacial score (nSPS) is 10.5. The van der Waals surface area contributed by atoms with Crippen LogP contribution in [0.2, 0.25) is 0 Å². The van der Waals surface area contributed by atoms with E-state index in [0.29, 0.717) is 0 Å². The Kier molecular flexibility index (Phi) is 8.90. The predicted molar refractivity (Wildman–Crippen MR) is 149 cm³/mol. The van der Waals surface area contributed by atoms with Crippen molar-refractivity contribution in [3.8, 4) is 17.2 Å². The number of carbonyl (C=O) groups is 3. The molecule has 0 amide bonds. The molecule has 0 bridgehead atoms. The molecule has 4 rings (SSSR count). The average molecular weight is 523 g/mol. The first-order valence-electron chi connectivity index (χ1n) is 12.6. The Morgan fingerprint density at radius 2 is 0.667 bits per heavy atom. The van der Waals surface area contributed by atoms with Gasteiger partial charge in [0.2, 0.25) is 0 Å². The molecule has 0 saturated heterocycles. The Hall–Kier alpha value is -4.71. The van der Waals surface area contributed by atoms with E-state index in [1.165, 1.54) is 20.8 Å². The molecule has 0 radical (unpaired) electrons. The molecule has 0 aliphatic carbocycles. The molecular formula is C33H30O6. The third-order valence-electron chi connectivity index (χ3n) is 6.10. The van der Waals surface area contributed by atoms with Crippen molar-refractivity contribution in [3.05, 3.63) is 124 Å². The standard InChI is InChI=1S/C33H30O6/c1-22(34)28-31(37-19-25-13-7-4-8-14-25)29(23(2)35)33(39-21-27-17-11-6-12-18-27)30(24(3)36)32(28)38-20-26-15-9-5-10-16-26/h4-18H,19-21H2,1-3H3. The zero-order valence-electron chi connectivity index (χ0n) is 22.2. The zero-order chi connectivity index (χ0) is 27.8. The summed E-state index contributed by atoms with van der Waals surface area (Å²) in [5.74, 6) is -1.10. The quantitative estimate of drug-likeness (QED) is 0.186. The lowest BCUT2D eigenvalue weighted by Crippen LogP contribution is -2.17. The van der Waals surface area contributed by atoms with Crippen LogP contribution in [0.5, 0.6) is 17.2 Å². The van der Waals surface area contributed by atoms with Gasteiger partial charge in [0.15, 0.2) is 17.3 Å². The maximum Gasteiger partial charge on any atom is 0.167 e. The Bertz CT molecular complexity index is 1260. The number of ketones is 3. The summed E-state index contributed by atoms with van der Waals surface area (Å²) in [6.07, 6.45) is 0. The molecule has 6 heteroatoms. The van der Waals surface area contributed by atoms with Crippen LogP contribution in [-0.4, -0.2) is 17.3 Å². The first-order chi connectivity index (χ1) is 18.9. The summed E-state index contributed by atoms with van der Waals surface area (Å²) in [6, 6.07) is 28.2. The molecule has 0 atom stereocenters. The lowest BCUT2D eigenvalue weighted by Gasteiger charge is -2.24. The van der Waals surface area contributed by atoms with Crippen molar-refractivity contribution in [3.63, 3.8) is 0 Å². The summed E-state index contributed by atoms with van der Waals surface area (Å²) in [5.41, 5.74) is 2.62. The minimum atomic E-state index is -0.402. The molecule has 0 heterocycles. The van der Waals surface area contributed by atoms with E-state index < -0.39 is 17.3 Å². The van der Waals surface area contributed by atoms with Gasteiger partial charge in [0.1, 0.15) is 53.8 Å². The monoisotopic (exact) mass is 522 g/mol. The second-order valence-corrected chi connectivity index (χ2v) is 9.10. The van der Waals surface area contributed by atoms with Gasteiger partial charge in [0.25, 0.3) is 0 Å². The van der Waals surface area contributed by atoms with Gasteiger partial charge in [-0.15, -0.1) is 0 Å². The SMILES string of the molecule is CC(=O)c1c(OCc2ccccc2)c(C(C)=O)c(OCc2ccccc2)c(C(C)=O)c1OCc1ccccc1. The molecule has 0 unspecified atom stereocenters. The summed E-state index contributed by atoms with van der Waals surface area (Å²) < 4.78 is 18.6. The highest BCUT2D eigenvalue weighted by Crippen LogP contribution is 2.45. The smallest absolute Gasteiger partial charge is 0.167 e. The van der Waals surface area contributed by atoms with Gasteiger partial charge in [-0.25, -0.2) is 0 Å². The van der Waals surface area contributed by atoms with Crippen LogP contribution in [0.4, 0.5) is 0 Å². The largest absolute Gasteiger partial charge is 0.487 e. The number of benzene rings is 4. The molecule has 198 valence electrons. The summed E-state index contributed by atoms with van der Waals surface area (Å²) in [6.45, 7) is 4.36. The van der Waals surface area contributed by atoms with Gasteiger partial charge >= 0.3 is 0 Å². The van der Waals surface area contributed by atoms with E-state index in [1.54, 1.807) is 0 Å². The fourth-order valence-corrected chi connectivity index (χ4v) is 4.27. The molecule has 39 heavy (non-hydrogen) atoms. The molecule has 0 fully saturated rings. The minimum absolute atomic E-state index is 0.0318. The molecule has 4 aromatic carbocycles. The van der Waals surface area contributed by atoms with Crippen LogP contribution < -0.4 is 14.2 Å². The molecule has 6 nitrogen and oxygen atoms in total. The van der Waals surface area contributed by atoms with Crippen LogP contribution in [0, 0.1) is 0 Å². The predicted octanol–water partition coefficient (Wildman–Crippen LogP) is 7.03. The number of Topliss-reactive ketones (excluding diaryl/α,β-unsaturated/α-hetero) is 3. The van der Waals surface area contributed by atoms with Crippen molar-refractivity contribution in [1.29, 1.82) is 0 Å². The highest BCUT2D eigenvalue weighted by molar-refractivity contribution is 6.14. The van der Waals surface area contributed by atoms with E-state index in [-0.39, 0.29) is 53.8 Å².